The molecule has 6 heteroatoms. The minimum atomic E-state index is -0.100. The highest BCUT2D eigenvalue weighted by atomic mass is 16.3. The molecule has 1 N–H and O–H groups in total. The standard InChI is InChI=1S/C23H29N3O3/c1-17-8-12-25(13-9-17)20-6-4-19(5-7-20)24-22(27)18-10-14-26(15-11-18)23(28)21-3-2-16-29-21/h2-7,16-18H,8-15H2,1H3,(H,24,27). The van der Waals surface area contributed by atoms with Crippen molar-refractivity contribution >= 4 is 23.2 Å². The normalized spacial score (nSPS) is 18.7. The number of piperidine rings is 2. The van der Waals surface area contributed by atoms with E-state index < -0.39 is 0 Å². The molecule has 29 heavy (non-hydrogen) atoms. The Hall–Kier alpha value is -2.76. The predicted molar refractivity (Wildman–Crippen MR) is 113 cm³/mol. The van der Waals surface area contributed by atoms with E-state index in [0.717, 1.165) is 24.7 Å². The fourth-order valence-corrected chi connectivity index (χ4v) is 4.17. The van der Waals surface area contributed by atoms with Gasteiger partial charge in [-0.1, -0.05) is 6.92 Å². The lowest BCUT2D eigenvalue weighted by atomic mass is 9.95. The smallest absolute Gasteiger partial charge is 0.289 e. The molecular formula is C23H29N3O3. The van der Waals surface area contributed by atoms with Gasteiger partial charge in [0.25, 0.3) is 5.91 Å². The molecule has 154 valence electrons. The molecule has 1 aromatic carbocycles. The maximum Gasteiger partial charge on any atom is 0.289 e. The number of nitrogens with zero attached hydrogens (tertiary/aromatic N) is 2. The van der Waals surface area contributed by atoms with Crippen LogP contribution in [0.4, 0.5) is 11.4 Å². The van der Waals surface area contributed by atoms with Crippen molar-refractivity contribution in [2.75, 3.05) is 36.4 Å². The summed E-state index contributed by atoms with van der Waals surface area (Å²) < 4.78 is 5.19. The van der Waals surface area contributed by atoms with E-state index in [1.807, 2.05) is 12.1 Å². The van der Waals surface area contributed by atoms with Crippen LogP contribution in [0.2, 0.25) is 0 Å². The van der Waals surface area contributed by atoms with Gasteiger partial charge in [-0.25, -0.2) is 0 Å². The average Bonchev–Trinajstić information content (AvgIpc) is 3.29. The Bertz CT molecular complexity index is 816. The van der Waals surface area contributed by atoms with E-state index in [9.17, 15) is 9.59 Å². The quantitative estimate of drug-likeness (QED) is 0.850. The van der Waals surface area contributed by atoms with E-state index >= 15 is 0 Å². The van der Waals surface area contributed by atoms with Crippen LogP contribution in [0, 0.1) is 11.8 Å². The molecule has 0 radical (unpaired) electrons. The molecule has 2 aliphatic heterocycles. The third-order valence-electron chi connectivity index (χ3n) is 6.17. The van der Waals surface area contributed by atoms with Crippen LogP contribution in [0.1, 0.15) is 43.2 Å². The topological polar surface area (TPSA) is 65.8 Å². The molecule has 4 rings (SSSR count). The van der Waals surface area contributed by atoms with E-state index in [-0.39, 0.29) is 17.7 Å². The predicted octanol–water partition coefficient (Wildman–Crippen LogP) is 4.01. The Balaban J connectivity index is 1.27. The van der Waals surface area contributed by atoms with Gasteiger partial charge < -0.3 is 19.5 Å². The van der Waals surface area contributed by atoms with Crippen molar-refractivity contribution in [3.63, 3.8) is 0 Å². The van der Waals surface area contributed by atoms with Gasteiger partial charge in [0.05, 0.1) is 6.26 Å². The Morgan fingerprint density at radius 3 is 2.28 bits per heavy atom. The van der Waals surface area contributed by atoms with Crippen molar-refractivity contribution in [3.8, 4) is 0 Å². The van der Waals surface area contributed by atoms with Crippen molar-refractivity contribution in [2.45, 2.75) is 32.6 Å². The first-order chi connectivity index (χ1) is 14.1. The monoisotopic (exact) mass is 395 g/mol. The third kappa shape index (κ3) is 4.63. The zero-order valence-electron chi connectivity index (χ0n) is 17.0. The molecule has 0 aliphatic carbocycles. The Labute approximate surface area is 171 Å². The van der Waals surface area contributed by atoms with E-state index in [2.05, 4.69) is 29.3 Å². The second-order valence-corrected chi connectivity index (χ2v) is 8.25. The largest absolute Gasteiger partial charge is 0.459 e. The van der Waals surface area contributed by atoms with Gasteiger partial charge >= 0.3 is 0 Å². The number of likely N-dealkylation sites (tertiary alicyclic amines) is 1. The van der Waals surface area contributed by atoms with E-state index in [0.29, 0.717) is 31.7 Å². The van der Waals surface area contributed by atoms with Crippen LogP contribution < -0.4 is 10.2 Å². The minimum Gasteiger partial charge on any atom is -0.459 e. The van der Waals surface area contributed by atoms with Gasteiger partial charge in [-0.2, -0.15) is 0 Å². The summed E-state index contributed by atoms with van der Waals surface area (Å²) in [6, 6.07) is 11.5. The number of anilines is 2. The van der Waals surface area contributed by atoms with E-state index in [1.54, 1.807) is 17.0 Å². The molecule has 2 aliphatic rings. The molecule has 2 fully saturated rings. The number of furan rings is 1. The number of hydrogen-bond acceptors (Lipinski definition) is 4. The van der Waals surface area contributed by atoms with E-state index in [1.165, 1.54) is 24.8 Å². The first-order valence-electron chi connectivity index (χ1n) is 10.6. The van der Waals surface area contributed by atoms with Crippen molar-refractivity contribution in [2.24, 2.45) is 11.8 Å². The summed E-state index contributed by atoms with van der Waals surface area (Å²) in [6.45, 7) is 5.66. The lowest BCUT2D eigenvalue weighted by Crippen LogP contribution is -2.41. The van der Waals surface area contributed by atoms with Crippen LogP contribution in [0.15, 0.2) is 47.1 Å². The summed E-state index contributed by atoms with van der Waals surface area (Å²) >= 11 is 0. The van der Waals surface area contributed by atoms with Crippen molar-refractivity contribution in [3.05, 3.63) is 48.4 Å². The second-order valence-electron chi connectivity index (χ2n) is 8.25. The summed E-state index contributed by atoms with van der Waals surface area (Å²) in [6.07, 6.45) is 5.31. The Morgan fingerprint density at radius 2 is 1.66 bits per heavy atom. The van der Waals surface area contributed by atoms with Gasteiger partial charge in [-0.15, -0.1) is 0 Å². The first kappa shape index (κ1) is 19.6. The number of carbonyl (C=O) groups is 2. The van der Waals surface area contributed by atoms with Crippen LogP contribution in [0.5, 0.6) is 0 Å². The summed E-state index contributed by atoms with van der Waals surface area (Å²) in [7, 11) is 0. The molecular weight excluding hydrogens is 366 g/mol. The van der Waals surface area contributed by atoms with Crippen LogP contribution in [0.25, 0.3) is 0 Å². The lowest BCUT2D eigenvalue weighted by molar-refractivity contribution is -0.121. The van der Waals surface area contributed by atoms with Crippen LogP contribution >= 0.6 is 0 Å². The molecule has 6 nitrogen and oxygen atoms in total. The molecule has 0 saturated carbocycles. The van der Waals surface area contributed by atoms with E-state index in [4.69, 9.17) is 4.42 Å². The number of amides is 2. The molecule has 0 atom stereocenters. The Morgan fingerprint density at radius 1 is 0.966 bits per heavy atom. The number of rotatable bonds is 4. The highest BCUT2D eigenvalue weighted by Gasteiger charge is 2.28. The SMILES string of the molecule is CC1CCN(c2ccc(NC(=O)C3CCN(C(=O)c4ccco4)CC3)cc2)CC1. The maximum absolute atomic E-state index is 12.7. The zero-order chi connectivity index (χ0) is 20.2. The molecule has 2 aromatic rings. The summed E-state index contributed by atoms with van der Waals surface area (Å²) in [5.41, 5.74) is 2.05. The van der Waals surface area contributed by atoms with Gasteiger partial charge in [-0.05, 0) is 68.0 Å². The van der Waals surface area contributed by atoms with Crippen LogP contribution in [0.3, 0.4) is 0 Å². The van der Waals surface area contributed by atoms with Crippen molar-refractivity contribution in [1.29, 1.82) is 0 Å². The average molecular weight is 396 g/mol. The number of carbonyl (C=O) groups excluding carboxylic acids is 2. The molecule has 2 amide bonds. The highest BCUT2D eigenvalue weighted by molar-refractivity contribution is 5.94. The van der Waals surface area contributed by atoms with Gasteiger partial charge in [-0.3, -0.25) is 9.59 Å². The second kappa shape index (κ2) is 8.72. The van der Waals surface area contributed by atoms with Gasteiger partial charge in [0, 0.05) is 43.5 Å². The van der Waals surface area contributed by atoms with Crippen molar-refractivity contribution < 1.29 is 14.0 Å². The number of benzene rings is 1. The molecule has 0 unspecified atom stereocenters. The van der Waals surface area contributed by atoms with Crippen molar-refractivity contribution in [1.82, 2.24) is 4.90 Å². The molecule has 0 spiro atoms. The lowest BCUT2D eigenvalue weighted by Gasteiger charge is -2.32. The molecule has 1 aromatic heterocycles. The van der Waals surface area contributed by atoms with Gasteiger partial charge in [0.15, 0.2) is 5.76 Å². The highest BCUT2D eigenvalue weighted by Crippen LogP contribution is 2.25. The van der Waals surface area contributed by atoms with Gasteiger partial charge in [0.2, 0.25) is 5.91 Å². The van der Waals surface area contributed by atoms with Gasteiger partial charge in [0.1, 0.15) is 0 Å². The summed E-state index contributed by atoms with van der Waals surface area (Å²) in [4.78, 5) is 29.2. The fourth-order valence-electron chi connectivity index (χ4n) is 4.17. The number of hydrogen-bond donors (Lipinski definition) is 1. The maximum atomic E-state index is 12.7. The minimum absolute atomic E-state index is 0.0367. The molecule has 0 bridgehead atoms. The Kier molecular flexibility index (Phi) is 5.88. The molecule has 3 heterocycles. The summed E-state index contributed by atoms with van der Waals surface area (Å²) in [5.74, 6) is 1.03. The first-order valence-corrected chi connectivity index (χ1v) is 10.6. The van der Waals surface area contributed by atoms with Crippen LogP contribution in [-0.4, -0.2) is 42.9 Å². The zero-order valence-corrected chi connectivity index (χ0v) is 17.0. The number of nitrogens with one attached hydrogen (secondary N) is 1. The fraction of sp³-hybridized carbons (Fsp3) is 0.478. The molecule has 2 saturated heterocycles. The third-order valence-corrected chi connectivity index (χ3v) is 6.17. The van der Waals surface area contributed by atoms with Crippen LogP contribution in [-0.2, 0) is 4.79 Å². The summed E-state index contributed by atoms with van der Waals surface area (Å²) in [5, 5.41) is 3.04.